The molecule has 1 rings (SSSR count). The summed E-state index contributed by atoms with van der Waals surface area (Å²) in [5, 5.41) is 0.0845. The maximum absolute atomic E-state index is 5.43. The fourth-order valence-electron chi connectivity index (χ4n) is 1.64. The summed E-state index contributed by atoms with van der Waals surface area (Å²) in [6, 6.07) is 0. The van der Waals surface area contributed by atoms with Gasteiger partial charge in [0.1, 0.15) is 5.60 Å². The average molecular weight is 170 g/mol. The van der Waals surface area contributed by atoms with Gasteiger partial charge in [0.25, 0.3) is 0 Å². The van der Waals surface area contributed by atoms with E-state index < -0.39 is 0 Å². The SMILES string of the molecule is CB1OOC(C)(C(C)C)C1(C)C. The largest absolute Gasteiger partial charge is 0.345 e. The monoisotopic (exact) mass is 170 g/mol. The van der Waals surface area contributed by atoms with E-state index in [0.717, 1.165) is 0 Å². The minimum absolute atomic E-state index is 0.0845. The van der Waals surface area contributed by atoms with Crippen LogP contribution in [0.4, 0.5) is 0 Å². The van der Waals surface area contributed by atoms with Crippen LogP contribution in [0, 0.1) is 5.92 Å². The molecule has 70 valence electrons. The molecule has 0 aliphatic carbocycles. The van der Waals surface area contributed by atoms with Crippen molar-refractivity contribution in [1.82, 2.24) is 0 Å². The third-order valence-electron chi connectivity index (χ3n) is 3.76. The first kappa shape index (κ1) is 10.1. The maximum atomic E-state index is 5.43. The van der Waals surface area contributed by atoms with Gasteiger partial charge in [0.05, 0.1) is 0 Å². The molecule has 2 nitrogen and oxygen atoms in total. The molecule has 1 heterocycles. The highest BCUT2D eigenvalue weighted by molar-refractivity contribution is 6.54. The highest BCUT2D eigenvalue weighted by Gasteiger charge is 2.57. The quantitative estimate of drug-likeness (QED) is 0.445. The summed E-state index contributed by atoms with van der Waals surface area (Å²) in [7, 11) is 0. The van der Waals surface area contributed by atoms with Crippen LogP contribution in [0.1, 0.15) is 34.6 Å². The summed E-state index contributed by atoms with van der Waals surface area (Å²) in [4.78, 5) is 10.7. The van der Waals surface area contributed by atoms with Gasteiger partial charge in [-0.2, -0.15) is 0 Å². The van der Waals surface area contributed by atoms with Crippen molar-refractivity contribution < 1.29 is 9.69 Å². The number of rotatable bonds is 1. The van der Waals surface area contributed by atoms with E-state index >= 15 is 0 Å². The molecular weight excluding hydrogens is 151 g/mol. The van der Waals surface area contributed by atoms with Crippen LogP contribution in [-0.4, -0.2) is 12.5 Å². The van der Waals surface area contributed by atoms with Crippen molar-refractivity contribution in [1.29, 1.82) is 0 Å². The predicted molar refractivity (Wildman–Crippen MR) is 51.1 cm³/mol. The van der Waals surface area contributed by atoms with E-state index in [0.29, 0.717) is 5.92 Å². The summed E-state index contributed by atoms with van der Waals surface area (Å²) in [6.45, 7) is 13.1. The van der Waals surface area contributed by atoms with Crippen molar-refractivity contribution in [3.63, 3.8) is 0 Å². The number of hydrogen-bond acceptors (Lipinski definition) is 2. The molecule has 1 unspecified atom stereocenters. The first-order valence-corrected chi connectivity index (χ1v) is 4.67. The van der Waals surface area contributed by atoms with Gasteiger partial charge in [0.2, 0.25) is 0 Å². The molecule has 1 aliphatic heterocycles. The summed E-state index contributed by atoms with van der Waals surface area (Å²) in [5.41, 5.74) is -0.160. The van der Waals surface area contributed by atoms with E-state index in [1.165, 1.54) is 0 Å². The minimum Gasteiger partial charge on any atom is -0.304 e. The van der Waals surface area contributed by atoms with Gasteiger partial charge in [0, 0.05) is 5.31 Å². The molecule has 1 saturated heterocycles. The predicted octanol–water partition coefficient (Wildman–Crippen LogP) is 2.76. The second kappa shape index (κ2) is 2.74. The fraction of sp³-hybridized carbons (Fsp3) is 1.00. The Hall–Kier alpha value is -0.0151. The standard InChI is InChI=1S/C9H19BO2/c1-7(2)9(5)8(3,4)10(6)12-11-9/h7H,1-6H3. The lowest BCUT2D eigenvalue weighted by Gasteiger charge is -2.38. The van der Waals surface area contributed by atoms with E-state index in [1.807, 2.05) is 0 Å². The molecule has 1 atom stereocenters. The van der Waals surface area contributed by atoms with E-state index in [4.69, 9.17) is 9.69 Å². The third-order valence-corrected chi connectivity index (χ3v) is 3.76. The Balaban J connectivity index is 2.93. The van der Waals surface area contributed by atoms with E-state index in [1.54, 1.807) is 0 Å². The lowest BCUT2D eigenvalue weighted by Crippen LogP contribution is -2.42. The van der Waals surface area contributed by atoms with Gasteiger partial charge in [-0.25, -0.2) is 4.89 Å². The lowest BCUT2D eigenvalue weighted by molar-refractivity contribution is -0.281. The zero-order valence-corrected chi connectivity index (χ0v) is 8.97. The first-order chi connectivity index (χ1) is 5.32. The second-order valence-corrected chi connectivity index (χ2v) is 4.81. The summed E-state index contributed by atoms with van der Waals surface area (Å²) in [6.07, 6.45) is 0. The molecule has 1 aliphatic rings. The fourth-order valence-corrected chi connectivity index (χ4v) is 1.64. The smallest absolute Gasteiger partial charge is 0.304 e. The van der Waals surface area contributed by atoms with Crippen LogP contribution in [0.2, 0.25) is 12.1 Å². The van der Waals surface area contributed by atoms with E-state index in [2.05, 4.69) is 41.4 Å². The first-order valence-electron chi connectivity index (χ1n) is 4.67. The van der Waals surface area contributed by atoms with Gasteiger partial charge in [-0.15, -0.1) is 0 Å². The van der Waals surface area contributed by atoms with Gasteiger partial charge in [0.15, 0.2) is 0 Å². The molecule has 0 N–H and O–H groups in total. The zero-order chi connectivity index (χ0) is 9.57. The van der Waals surface area contributed by atoms with Gasteiger partial charge in [-0.1, -0.05) is 34.5 Å². The second-order valence-electron chi connectivity index (χ2n) is 4.81. The Labute approximate surface area is 75.7 Å². The van der Waals surface area contributed by atoms with Crippen molar-refractivity contribution in [2.75, 3.05) is 0 Å². The topological polar surface area (TPSA) is 18.5 Å². The molecule has 0 aromatic heterocycles. The van der Waals surface area contributed by atoms with Crippen LogP contribution in [0.3, 0.4) is 0 Å². The molecular formula is C9H19BO2. The van der Waals surface area contributed by atoms with Crippen LogP contribution >= 0.6 is 0 Å². The van der Waals surface area contributed by atoms with Gasteiger partial charge in [-0.05, 0) is 12.8 Å². The Morgan fingerprint density at radius 2 is 1.67 bits per heavy atom. The average Bonchev–Trinajstić information content (AvgIpc) is 2.15. The highest BCUT2D eigenvalue weighted by Crippen LogP contribution is 2.52. The molecule has 0 saturated carbocycles. The molecule has 0 amide bonds. The maximum Gasteiger partial charge on any atom is 0.345 e. The zero-order valence-electron chi connectivity index (χ0n) is 8.97. The summed E-state index contributed by atoms with van der Waals surface area (Å²) in [5.74, 6) is 0.470. The van der Waals surface area contributed by atoms with Gasteiger partial charge in [-0.3, -0.25) is 0 Å². The Bertz CT molecular complexity index is 179. The van der Waals surface area contributed by atoms with Crippen molar-refractivity contribution in [3.05, 3.63) is 0 Å². The van der Waals surface area contributed by atoms with Crippen molar-refractivity contribution >= 4 is 6.92 Å². The van der Waals surface area contributed by atoms with Crippen molar-refractivity contribution in [3.8, 4) is 0 Å². The molecule has 0 radical (unpaired) electrons. The van der Waals surface area contributed by atoms with Crippen LogP contribution < -0.4 is 0 Å². The Kier molecular flexibility index (Phi) is 2.30. The molecule has 3 heteroatoms. The van der Waals surface area contributed by atoms with Crippen molar-refractivity contribution in [2.45, 2.75) is 52.4 Å². The highest BCUT2D eigenvalue weighted by atomic mass is 17.2. The Morgan fingerprint density at radius 1 is 1.17 bits per heavy atom. The van der Waals surface area contributed by atoms with E-state index in [-0.39, 0.29) is 17.8 Å². The molecule has 0 bridgehead atoms. The lowest BCUT2D eigenvalue weighted by atomic mass is 9.42. The van der Waals surface area contributed by atoms with E-state index in [9.17, 15) is 0 Å². The number of hydrogen-bond donors (Lipinski definition) is 0. The van der Waals surface area contributed by atoms with Crippen LogP contribution in [0.5, 0.6) is 0 Å². The van der Waals surface area contributed by atoms with Gasteiger partial charge >= 0.3 is 6.92 Å². The minimum atomic E-state index is -0.160. The Morgan fingerprint density at radius 3 is 1.83 bits per heavy atom. The third kappa shape index (κ3) is 1.11. The summed E-state index contributed by atoms with van der Waals surface area (Å²) < 4.78 is 0. The molecule has 0 spiro atoms. The van der Waals surface area contributed by atoms with Crippen LogP contribution in [0.25, 0.3) is 0 Å². The van der Waals surface area contributed by atoms with Crippen molar-refractivity contribution in [2.24, 2.45) is 5.92 Å². The van der Waals surface area contributed by atoms with Crippen LogP contribution in [-0.2, 0) is 9.69 Å². The normalized spacial score (nSPS) is 34.8. The molecule has 0 aromatic rings. The molecule has 12 heavy (non-hydrogen) atoms. The van der Waals surface area contributed by atoms with Crippen LogP contribution in [0.15, 0.2) is 0 Å². The van der Waals surface area contributed by atoms with Gasteiger partial charge < -0.3 is 4.81 Å². The molecule has 1 fully saturated rings. The molecule has 0 aromatic carbocycles. The summed E-state index contributed by atoms with van der Waals surface area (Å²) >= 11 is 0.